The second-order valence-corrected chi connectivity index (χ2v) is 8.90. The van der Waals surface area contributed by atoms with Gasteiger partial charge in [0.1, 0.15) is 0 Å². The van der Waals surface area contributed by atoms with Gasteiger partial charge < -0.3 is 10.2 Å². The van der Waals surface area contributed by atoms with Gasteiger partial charge >= 0.3 is 0 Å². The van der Waals surface area contributed by atoms with Crippen molar-refractivity contribution >= 4 is 39.4 Å². The van der Waals surface area contributed by atoms with Gasteiger partial charge in [-0.05, 0) is 54.8 Å². The minimum Gasteiger partial charge on any atom is -0.386 e. The average molecular weight is 424 g/mol. The van der Waals surface area contributed by atoms with Crippen LogP contribution in [0.4, 0.5) is 5.69 Å². The van der Waals surface area contributed by atoms with Crippen molar-refractivity contribution in [3.8, 4) is 0 Å². The zero-order valence-electron chi connectivity index (χ0n) is 16.1. The van der Waals surface area contributed by atoms with Crippen molar-refractivity contribution in [1.29, 1.82) is 0 Å². The highest BCUT2D eigenvalue weighted by atomic mass is 35.5. The summed E-state index contributed by atoms with van der Waals surface area (Å²) in [4.78, 5) is 17.3. The molecular weight excluding hydrogens is 402 g/mol. The maximum absolute atomic E-state index is 12.4. The van der Waals surface area contributed by atoms with E-state index in [-0.39, 0.29) is 11.5 Å². The fraction of sp³-hybridized carbons (Fsp3) is 0.263. The van der Waals surface area contributed by atoms with E-state index < -0.39 is 15.9 Å². The first kappa shape index (κ1) is 21.9. The highest BCUT2D eigenvalue weighted by Crippen LogP contribution is 2.25. The first-order valence-electron chi connectivity index (χ1n) is 8.36. The molecule has 0 bridgehead atoms. The van der Waals surface area contributed by atoms with Crippen molar-refractivity contribution in [1.82, 2.24) is 4.31 Å². The lowest BCUT2D eigenvalue weighted by molar-refractivity contribution is -0.120. The summed E-state index contributed by atoms with van der Waals surface area (Å²) in [6, 6.07) is 9.97. The number of amides is 1. The van der Waals surface area contributed by atoms with Gasteiger partial charge in [0.15, 0.2) is 6.61 Å². The molecule has 1 N–H and O–H groups in total. The van der Waals surface area contributed by atoms with Gasteiger partial charge in [0.05, 0.1) is 11.1 Å². The highest BCUT2D eigenvalue weighted by Gasteiger charge is 2.20. The van der Waals surface area contributed by atoms with E-state index in [1.54, 1.807) is 44.2 Å². The first-order valence-corrected chi connectivity index (χ1v) is 10.2. The number of hydrogen-bond donors (Lipinski definition) is 1. The van der Waals surface area contributed by atoms with E-state index in [1.807, 2.05) is 0 Å². The predicted octanol–water partition coefficient (Wildman–Crippen LogP) is 3.20. The number of halogens is 1. The smallest absolute Gasteiger partial charge is 0.265 e. The van der Waals surface area contributed by atoms with Gasteiger partial charge in [0.25, 0.3) is 5.91 Å². The quantitative estimate of drug-likeness (QED) is 0.547. The van der Waals surface area contributed by atoms with Crippen LogP contribution in [0.25, 0.3) is 0 Å². The van der Waals surface area contributed by atoms with Gasteiger partial charge in [0.2, 0.25) is 10.0 Å². The summed E-state index contributed by atoms with van der Waals surface area (Å²) in [5.41, 5.74) is 2.71. The number of carbonyl (C=O) groups excluding carboxylic acids is 1. The van der Waals surface area contributed by atoms with Crippen LogP contribution in [0.5, 0.6) is 0 Å². The van der Waals surface area contributed by atoms with Gasteiger partial charge in [-0.15, -0.1) is 0 Å². The molecule has 0 aliphatic rings. The summed E-state index contributed by atoms with van der Waals surface area (Å²) in [7, 11) is -0.704. The monoisotopic (exact) mass is 423 g/mol. The number of hydrogen-bond acceptors (Lipinski definition) is 5. The Bertz CT molecular complexity index is 987. The Hall–Kier alpha value is -2.42. The fourth-order valence-corrected chi connectivity index (χ4v) is 3.39. The summed E-state index contributed by atoms with van der Waals surface area (Å²) in [5, 5.41) is 7.02. The molecule has 0 aromatic heterocycles. The molecule has 0 saturated heterocycles. The van der Waals surface area contributed by atoms with Crippen LogP contribution in [0, 0.1) is 13.8 Å². The fourth-order valence-electron chi connectivity index (χ4n) is 2.24. The number of anilines is 1. The molecule has 2 aromatic carbocycles. The Labute approximate surface area is 170 Å². The highest BCUT2D eigenvalue weighted by molar-refractivity contribution is 7.89. The average Bonchev–Trinajstić information content (AvgIpc) is 2.63. The summed E-state index contributed by atoms with van der Waals surface area (Å²) in [5.74, 6) is -0.449. The Kier molecular flexibility index (Phi) is 7.17. The number of sulfonamides is 1. The molecule has 0 fully saturated rings. The molecule has 2 rings (SSSR count). The lowest BCUT2D eigenvalue weighted by Gasteiger charge is -2.16. The summed E-state index contributed by atoms with van der Waals surface area (Å²) < 4.78 is 25.8. The van der Waals surface area contributed by atoms with Gasteiger partial charge in [-0.25, -0.2) is 12.7 Å². The van der Waals surface area contributed by atoms with Crippen LogP contribution in [0.2, 0.25) is 5.02 Å². The minimum atomic E-state index is -3.61. The van der Waals surface area contributed by atoms with Gasteiger partial charge in [-0.3, -0.25) is 4.79 Å². The standard InChI is InChI=1S/C19H22ClN3O4S/c1-13-9-17(28(25,26)23(3)4)10-18(14(13)2)22-19(24)12-27-21-11-15-5-7-16(20)8-6-15/h5-11H,12H2,1-4H3,(H,22,24)/b21-11+. The third kappa shape index (κ3) is 5.54. The van der Waals surface area contributed by atoms with Crippen molar-refractivity contribution in [2.24, 2.45) is 5.16 Å². The van der Waals surface area contributed by atoms with Crippen molar-refractivity contribution in [2.45, 2.75) is 18.7 Å². The molecule has 0 aliphatic heterocycles. The number of oxime groups is 1. The van der Waals surface area contributed by atoms with Crippen LogP contribution < -0.4 is 5.32 Å². The molecule has 7 nitrogen and oxygen atoms in total. The second-order valence-electron chi connectivity index (χ2n) is 6.31. The second kappa shape index (κ2) is 9.18. The van der Waals surface area contributed by atoms with Crippen molar-refractivity contribution < 1.29 is 18.0 Å². The Balaban J connectivity index is 2.05. The van der Waals surface area contributed by atoms with Crippen LogP contribution in [0.1, 0.15) is 16.7 Å². The molecule has 2 aromatic rings. The third-order valence-electron chi connectivity index (χ3n) is 4.04. The van der Waals surface area contributed by atoms with Gasteiger partial charge in [0, 0.05) is 24.8 Å². The Morgan fingerprint density at radius 3 is 2.46 bits per heavy atom. The van der Waals surface area contributed by atoms with E-state index in [2.05, 4.69) is 10.5 Å². The molecular formula is C19H22ClN3O4S. The van der Waals surface area contributed by atoms with Crippen LogP contribution >= 0.6 is 11.6 Å². The number of rotatable bonds is 7. The molecule has 0 saturated carbocycles. The van der Waals surface area contributed by atoms with E-state index >= 15 is 0 Å². The molecule has 0 heterocycles. The van der Waals surface area contributed by atoms with Crippen molar-refractivity contribution in [2.75, 3.05) is 26.0 Å². The van der Waals surface area contributed by atoms with Crippen molar-refractivity contribution in [3.63, 3.8) is 0 Å². The molecule has 150 valence electrons. The minimum absolute atomic E-state index is 0.109. The molecule has 1 amide bonds. The normalized spacial score (nSPS) is 11.8. The molecule has 0 aliphatic carbocycles. The van der Waals surface area contributed by atoms with Gasteiger partial charge in [-0.2, -0.15) is 0 Å². The number of nitrogens with zero attached hydrogens (tertiary/aromatic N) is 2. The van der Waals surface area contributed by atoms with Crippen LogP contribution in [0.15, 0.2) is 46.4 Å². The number of benzene rings is 2. The van der Waals surface area contributed by atoms with E-state index in [4.69, 9.17) is 16.4 Å². The molecule has 0 radical (unpaired) electrons. The Morgan fingerprint density at radius 1 is 1.21 bits per heavy atom. The SMILES string of the molecule is Cc1cc(S(=O)(=O)N(C)C)cc(NC(=O)CO/N=C/c2ccc(Cl)cc2)c1C. The third-order valence-corrected chi connectivity index (χ3v) is 6.08. The number of nitrogens with one attached hydrogen (secondary N) is 1. The van der Waals surface area contributed by atoms with Crippen LogP contribution in [0.3, 0.4) is 0 Å². The first-order chi connectivity index (χ1) is 13.1. The topological polar surface area (TPSA) is 88.1 Å². The lowest BCUT2D eigenvalue weighted by atomic mass is 10.1. The van der Waals surface area contributed by atoms with Gasteiger partial charge in [-0.1, -0.05) is 28.9 Å². The zero-order chi connectivity index (χ0) is 20.9. The van der Waals surface area contributed by atoms with Crippen molar-refractivity contribution in [3.05, 3.63) is 58.1 Å². The number of aryl methyl sites for hydroxylation is 1. The maximum Gasteiger partial charge on any atom is 0.265 e. The Morgan fingerprint density at radius 2 is 1.86 bits per heavy atom. The number of carbonyl (C=O) groups is 1. The largest absolute Gasteiger partial charge is 0.386 e. The lowest BCUT2D eigenvalue weighted by Crippen LogP contribution is -2.23. The van der Waals surface area contributed by atoms with E-state index in [9.17, 15) is 13.2 Å². The van der Waals surface area contributed by atoms with E-state index in [1.165, 1.54) is 26.4 Å². The summed E-state index contributed by atoms with van der Waals surface area (Å²) >= 11 is 5.80. The molecule has 28 heavy (non-hydrogen) atoms. The molecule has 9 heteroatoms. The molecule has 0 unspecified atom stereocenters. The van der Waals surface area contributed by atoms with Crippen LogP contribution in [-0.2, 0) is 19.7 Å². The summed E-state index contributed by atoms with van der Waals surface area (Å²) in [6.45, 7) is 3.27. The maximum atomic E-state index is 12.4. The zero-order valence-corrected chi connectivity index (χ0v) is 17.6. The van der Waals surface area contributed by atoms with E-state index in [0.717, 1.165) is 21.0 Å². The van der Waals surface area contributed by atoms with E-state index in [0.29, 0.717) is 10.7 Å². The van der Waals surface area contributed by atoms with Crippen LogP contribution in [-0.4, -0.2) is 45.5 Å². The molecule has 0 atom stereocenters. The predicted molar refractivity (Wildman–Crippen MR) is 110 cm³/mol. The summed E-state index contributed by atoms with van der Waals surface area (Å²) in [6.07, 6.45) is 1.46. The molecule has 0 spiro atoms.